The van der Waals surface area contributed by atoms with E-state index in [0.29, 0.717) is 0 Å². The van der Waals surface area contributed by atoms with Crippen molar-refractivity contribution in [2.75, 3.05) is 13.1 Å². The molecule has 0 N–H and O–H groups in total. The van der Waals surface area contributed by atoms with Gasteiger partial charge in [-0.25, -0.2) is 4.98 Å². The Balaban J connectivity index is 2.11. The molecule has 3 heterocycles. The Morgan fingerprint density at radius 2 is 2.33 bits per heavy atom. The van der Waals surface area contributed by atoms with E-state index < -0.39 is 0 Å². The Labute approximate surface area is 91.1 Å². The number of hydrogen-bond acceptors (Lipinski definition) is 3. The molecule has 0 aromatic carbocycles. The highest BCUT2D eigenvalue weighted by atomic mass is 32.1. The average Bonchev–Trinajstić information content (AvgIpc) is 2.58. The van der Waals surface area contributed by atoms with Gasteiger partial charge in [0.15, 0.2) is 4.96 Å². The Morgan fingerprint density at radius 1 is 1.53 bits per heavy atom. The van der Waals surface area contributed by atoms with Crippen LogP contribution in [-0.2, 0) is 0 Å². The Bertz CT molecular complexity index is 524. The van der Waals surface area contributed by atoms with E-state index >= 15 is 0 Å². The van der Waals surface area contributed by atoms with Crippen LogP contribution in [0.2, 0.25) is 0 Å². The predicted molar refractivity (Wildman–Crippen MR) is 58.3 cm³/mol. The summed E-state index contributed by atoms with van der Waals surface area (Å²) < 4.78 is 1.89. The largest absolute Gasteiger partial charge is 0.337 e. The summed E-state index contributed by atoms with van der Waals surface area (Å²) in [4.78, 5) is 19.2. The summed E-state index contributed by atoms with van der Waals surface area (Å²) >= 11 is 1.56. The molecule has 0 atom stereocenters. The van der Waals surface area contributed by atoms with Crippen LogP contribution in [0.1, 0.15) is 22.6 Å². The molecule has 1 saturated heterocycles. The molecule has 3 rings (SSSR count). The van der Waals surface area contributed by atoms with Crippen molar-refractivity contribution < 1.29 is 4.79 Å². The number of thiazole rings is 1. The summed E-state index contributed by atoms with van der Waals surface area (Å²) in [5, 5.41) is 1.95. The smallest absolute Gasteiger partial charge is 0.272 e. The molecule has 2 aromatic heterocycles. The maximum Gasteiger partial charge on any atom is 0.272 e. The third kappa shape index (κ3) is 1.19. The molecule has 0 bridgehead atoms. The van der Waals surface area contributed by atoms with Gasteiger partial charge in [-0.05, 0) is 13.3 Å². The highest BCUT2D eigenvalue weighted by Gasteiger charge is 2.26. The van der Waals surface area contributed by atoms with E-state index in [1.54, 1.807) is 11.3 Å². The van der Waals surface area contributed by atoms with Crippen molar-refractivity contribution in [1.29, 1.82) is 0 Å². The average molecular weight is 221 g/mol. The zero-order valence-electron chi connectivity index (χ0n) is 8.43. The van der Waals surface area contributed by atoms with Crippen LogP contribution in [0.4, 0.5) is 0 Å². The zero-order chi connectivity index (χ0) is 10.4. The summed E-state index contributed by atoms with van der Waals surface area (Å²) in [6, 6.07) is 0. The molecule has 15 heavy (non-hydrogen) atoms. The quantitative estimate of drug-likeness (QED) is 0.732. The molecule has 1 aliphatic heterocycles. The second-order valence-electron chi connectivity index (χ2n) is 3.75. The number of fused-ring (bicyclic) bond motifs is 1. The predicted octanol–water partition coefficient (Wildman–Crippen LogP) is 1.55. The lowest BCUT2D eigenvalue weighted by Gasteiger charge is -2.30. The molecule has 0 saturated carbocycles. The molecule has 1 aliphatic rings. The van der Waals surface area contributed by atoms with E-state index in [4.69, 9.17) is 0 Å². The second-order valence-corrected chi connectivity index (χ2v) is 4.62. The van der Waals surface area contributed by atoms with Crippen molar-refractivity contribution in [2.45, 2.75) is 13.3 Å². The fourth-order valence-corrected chi connectivity index (χ4v) is 2.58. The van der Waals surface area contributed by atoms with Gasteiger partial charge in [0, 0.05) is 24.7 Å². The molecular weight excluding hydrogens is 210 g/mol. The van der Waals surface area contributed by atoms with Crippen LogP contribution < -0.4 is 0 Å². The number of hydrogen-bond donors (Lipinski definition) is 0. The maximum atomic E-state index is 12.1. The van der Waals surface area contributed by atoms with Crippen LogP contribution in [0.3, 0.4) is 0 Å². The number of rotatable bonds is 1. The van der Waals surface area contributed by atoms with Crippen molar-refractivity contribution in [3.8, 4) is 0 Å². The fraction of sp³-hybridized carbons (Fsp3) is 0.400. The van der Waals surface area contributed by atoms with Crippen molar-refractivity contribution in [2.24, 2.45) is 0 Å². The normalized spacial score (nSPS) is 15.7. The van der Waals surface area contributed by atoms with Gasteiger partial charge in [0.1, 0.15) is 5.69 Å². The minimum atomic E-state index is 0.115. The number of carbonyl (C=O) groups is 1. The molecule has 2 aromatic rings. The molecule has 0 spiro atoms. The molecule has 4 nitrogen and oxygen atoms in total. The molecule has 0 unspecified atom stereocenters. The first-order valence-electron chi connectivity index (χ1n) is 4.99. The van der Waals surface area contributed by atoms with E-state index in [1.165, 1.54) is 0 Å². The Hall–Kier alpha value is -1.36. The van der Waals surface area contributed by atoms with Crippen LogP contribution in [0.25, 0.3) is 4.96 Å². The van der Waals surface area contributed by atoms with Gasteiger partial charge in [-0.1, -0.05) is 0 Å². The third-order valence-corrected chi connectivity index (χ3v) is 3.54. The van der Waals surface area contributed by atoms with Gasteiger partial charge in [0.05, 0.1) is 5.69 Å². The maximum absolute atomic E-state index is 12.1. The van der Waals surface area contributed by atoms with E-state index in [2.05, 4.69) is 4.98 Å². The number of aryl methyl sites for hydroxylation is 1. The highest BCUT2D eigenvalue weighted by Crippen LogP contribution is 2.20. The number of imidazole rings is 1. The lowest BCUT2D eigenvalue weighted by atomic mass is 10.2. The van der Waals surface area contributed by atoms with Gasteiger partial charge in [-0.2, -0.15) is 0 Å². The molecule has 0 radical (unpaired) electrons. The molecule has 78 valence electrons. The highest BCUT2D eigenvalue weighted by molar-refractivity contribution is 7.15. The van der Waals surface area contributed by atoms with Gasteiger partial charge in [-0.3, -0.25) is 9.20 Å². The first-order chi connectivity index (χ1) is 7.27. The molecular formula is C10H11N3OS. The number of nitrogens with zero attached hydrogens (tertiary/aromatic N) is 3. The summed E-state index contributed by atoms with van der Waals surface area (Å²) in [6.07, 6.45) is 3.03. The van der Waals surface area contributed by atoms with E-state index in [1.807, 2.05) is 27.8 Å². The summed E-state index contributed by atoms with van der Waals surface area (Å²) in [7, 11) is 0. The van der Waals surface area contributed by atoms with Crippen LogP contribution in [0, 0.1) is 6.92 Å². The van der Waals surface area contributed by atoms with Gasteiger partial charge in [-0.15, -0.1) is 11.3 Å². The number of carbonyl (C=O) groups excluding carboxylic acids is 1. The minimum Gasteiger partial charge on any atom is -0.337 e. The zero-order valence-corrected chi connectivity index (χ0v) is 9.25. The number of amides is 1. The lowest BCUT2D eigenvalue weighted by molar-refractivity contribution is 0.0644. The van der Waals surface area contributed by atoms with Gasteiger partial charge < -0.3 is 4.90 Å². The molecule has 1 fully saturated rings. The van der Waals surface area contributed by atoms with Gasteiger partial charge in [0.25, 0.3) is 5.91 Å². The van der Waals surface area contributed by atoms with Gasteiger partial charge >= 0.3 is 0 Å². The van der Waals surface area contributed by atoms with E-state index in [-0.39, 0.29) is 5.91 Å². The SMILES string of the molecule is Cc1nc2sccn2c1C(=O)N1CCC1. The van der Waals surface area contributed by atoms with Crippen molar-refractivity contribution in [3.05, 3.63) is 23.0 Å². The third-order valence-electron chi connectivity index (χ3n) is 2.78. The minimum absolute atomic E-state index is 0.115. The Kier molecular flexibility index (Phi) is 1.82. The number of aromatic nitrogens is 2. The topological polar surface area (TPSA) is 37.6 Å². The standard InChI is InChI=1S/C10H11N3OS/c1-7-8(9(14)12-3-2-4-12)13-5-6-15-10(13)11-7/h5-6H,2-4H2,1H3. The first kappa shape index (κ1) is 8.91. The van der Waals surface area contributed by atoms with Crippen LogP contribution >= 0.6 is 11.3 Å². The van der Waals surface area contributed by atoms with Crippen molar-refractivity contribution in [3.63, 3.8) is 0 Å². The summed E-state index contributed by atoms with van der Waals surface area (Å²) in [5.74, 6) is 0.115. The monoisotopic (exact) mass is 221 g/mol. The van der Waals surface area contributed by atoms with Crippen LogP contribution in [-0.4, -0.2) is 33.3 Å². The molecule has 1 amide bonds. The van der Waals surface area contributed by atoms with Crippen molar-refractivity contribution >= 4 is 22.2 Å². The van der Waals surface area contributed by atoms with Crippen LogP contribution in [0.5, 0.6) is 0 Å². The molecule has 0 aliphatic carbocycles. The molecule has 5 heteroatoms. The first-order valence-corrected chi connectivity index (χ1v) is 5.87. The summed E-state index contributed by atoms with van der Waals surface area (Å²) in [6.45, 7) is 3.66. The van der Waals surface area contributed by atoms with Crippen LogP contribution in [0.15, 0.2) is 11.6 Å². The van der Waals surface area contributed by atoms with E-state index in [9.17, 15) is 4.79 Å². The van der Waals surface area contributed by atoms with E-state index in [0.717, 1.165) is 35.9 Å². The Morgan fingerprint density at radius 3 is 3.00 bits per heavy atom. The number of likely N-dealkylation sites (tertiary alicyclic amines) is 1. The lowest BCUT2D eigenvalue weighted by Crippen LogP contribution is -2.42. The summed E-state index contributed by atoms with van der Waals surface area (Å²) in [5.41, 5.74) is 1.56. The fourth-order valence-electron chi connectivity index (χ4n) is 1.82. The van der Waals surface area contributed by atoms with Crippen molar-refractivity contribution in [1.82, 2.24) is 14.3 Å². The second kappa shape index (κ2) is 3.06. The van der Waals surface area contributed by atoms with Gasteiger partial charge in [0.2, 0.25) is 0 Å².